The zero-order chi connectivity index (χ0) is 24.4. The molecule has 1 unspecified atom stereocenters. The van der Waals surface area contributed by atoms with Gasteiger partial charge in [0.1, 0.15) is 17.3 Å². The molecule has 8 nitrogen and oxygen atoms in total. The SMILES string of the molecule is CCOC(=O)C1=C(C)N=C(N2C(=O)C(=O)/C(=C(/O)c3ccccc3)C2c2ccc(OC)cc2)C1. The number of methoxy groups -OCH3 is 1. The Kier molecular flexibility index (Phi) is 6.32. The summed E-state index contributed by atoms with van der Waals surface area (Å²) >= 11 is 0. The van der Waals surface area contributed by atoms with E-state index in [9.17, 15) is 19.5 Å². The Morgan fingerprint density at radius 3 is 2.41 bits per heavy atom. The fraction of sp³-hybridized carbons (Fsp3) is 0.231. The smallest absolute Gasteiger partial charge is 0.336 e. The number of rotatable bonds is 5. The molecule has 0 radical (unpaired) electrons. The largest absolute Gasteiger partial charge is 0.507 e. The Morgan fingerprint density at radius 2 is 1.79 bits per heavy atom. The van der Waals surface area contributed by atoms with E-state index in [0.29, 0.717) is 28.1 Å². The number of ether oxygens (including phenoxy) is 2. The van der Waals surface area contributed by atoms with Crippen molar-refractivity contribution < 1.29 is 29.0 Å². The van der Waals surface area contributed by atoms with Gasteiger partial charge in [0.05, 0.1) is 36.6 Å². The fourth-order valence-electron chi connectivity index (χ4n) is 4.12. The summed E-state index contributed by atoms with van der Waals surface area (Å²) in [4.78, 5) is 44.5. The van der Waals surface area contributed by atoms with Crippen LogP contribution in [0.1, 0.15) is 37.4 Å². The Labute approximate surface area is 196 Å². The minimum Gasteiger partial charge on any atom is -0.507 e. The van der Waals surface area contributed by atoms with Crippen molar-refractivity contribution in [1.82, 2.24) is 4.90 Å². The van der Waals surface area contributed by atoms with E-state index >= 15 is 0 Å². The maximum atomic E-state index is 13.2. The number of nitrogens with zero attached hydrogens (tertiary/aromatic N) is 2. The molecule has 0 saturated carbocycles. The summed E-state index contributed by atoms with van der Waals surface area (Å²) in [6, 6.07) is 14.5. The first-order chi connectivity index (χ1) is 16.4. The third-order valence-electron chi connectivity index (χ3n) is 5.79. The molecular formula is C26H24N2O6. The summed E-state index contributed by atoms with van der Waals surface area (Å²) in [5.74, 6) is -1.60. The molecule has 4 rings (SSSR count). The van der Waals surface area contributed by atoms with Crippen molar-refractivity contribution in [3.8, 4) is 5.75 Å². The van der Waals surface area contributed by atoms with Crippen molar-refractivity contribution in [2.75, 3.05) is 13.7 Å². The van der Waals surface area contributed by atoms with Crippen LogP contribution in [-0.2, 0) is 19.1 Å². The van der Waals surface area contributed by atoms with Crippen molar-refractivity contribution in [3.05, 3.63) is 82.6 Å². The lowest BCUT2D eigenvalue weighted by Crippen LogP contribution is -2.35. The number of ketones is 1. The van der Waals surface area contributed by atoms with Gasteiger partial charge in [0.25, 0.3) is 5.78 Å². The number of amidine groups is 1. The highest BCUT2D eigenvalue weighted by Crippen LogP contribution is 2.42. The number of carbonyl (C=O) groups is 3. The lowest BCUT2D eigenvalue weighted by atomic mass is 9.95. The van der Waals surface area contributed by atoms with Crippen LogP contribution in [0.5, 0.6) is 5.75 Å². The molecule has 1 amide bonds. The number of aliphatic hydroxyl groups excluding tert-OH is 1. The van der Waals surface area contributed by atoms with Gasteiger partial charge in [-0.2, -0.15) is 0 Å². The number of benzene rings is 2. The maximum Gasteiger partial charge on any atom is 0.336 e. The van der Waals surface area contributed by atoms with Crippen molar-refractivity contribution in [2.45, 2.75) is 26.3 Å². The highest BCUT2D eigenvalue weighted by atomic mass is 16.5. The molecule has 1 N–H and O–H groups in total. The second-order valence-corrected chi connectivity index (χ2v) is 7.80. The monoisotopic (exact) mass is 460 g/mol. The van der Waals surface area contributed by atoms with Crippen LogP contribution in [-0.4, -0.2) is 47.2 Å². The highest BCUT2D eigenvalue weighted by molar-refractivity contribution is 6.49. The van der Waals surface area contributed by atoms with E-state index in [1.165, 1.54) is 12.0 Å². The van der Waals surface area contributed by atoms with Crippen molar-refractivity contribution >= 4 is 29.3 Å². The molecule has 1 atom stereocenters. The van der Waals surface area contributed by atoms with Gasteiger partial charge in [-0.1, -0.05) is 42.5 Å². The van der Waals surface area contributed by atoms with E-state index in [2.05, 4.69) is 4.99 Å². The number of allylic oxidation sites excluding steroid dienone is 1. The van der Waals surface area contributed by atoms with Crippen molar-refractivity contribution in [3.63, 3.8) is 0 Å². The summed E-state index contributed by atoms with van der Waals surface area (Å²) in [7, 11) is 1.54. The van der Waals surface area contributed by atoms with Gasteiger partial charge in [0.2, 0.25) is 0 Å². The molecule has 0 bridgehead atoms. The van der Waals surface area contributed by atoms with E-state index in [4.69, 9.17) is 9.47 Å². The number of aliphatic imine (C=N–C) groups is 1. The average molecular weight is 460 g/mol. The molecule has 2 aromatic carbocycles. The van der Waals surface area contributed by atoms with Gasteiger partial charge in [-0.25, -0.2) is 9.79 Å². The van der Waals surface area contributed by atoms with Crippen LogP contribution in [0.25, 0.3) is 5.76 Å². The van der Waals surface area contributed by atoms with Crippen LogP contribution in [0.4, 0.5) is 0 Å². The zero-order valence-corrected chi connectivity index (χ0v) is 19.1. The van der Waals surface area contributed by atoms with Crippen LogP contribution in [0.2, 0.25) is 0 Å². The van der Waals surface area contributed by atoms with Crippen LogP contribution < -0.4 is 4.74 Å². The second kappa shape index (κ2) is 9.35. The molecular weight excluding hydrogens is 436 g/mol. The predicted octanol–water partition coefficient (Wildman–Crippen LogP) is 3.76. The number of aliphatic hydroxyl groups is 1. The second-order valence-electron chi connectivity index (χ2n) is 7.80. The number of amides is 1. The van der Waals surface area contributed by atoms with E-state index in [-0.39, 0.29) is 30.2 Å². The normalized spacial score (nSPS) is 19.4. The van der Waals surface area contributed by atoms with Crippen LogP contribution in [0, 0.1) is 0 Å². The molecule has 1 fully saturated rings. The average Bonchev–Trinajstić information content (AvgIpc) is 3.36. The molecule has 2 aliphatic rings. The Bertz CT molecular complexity index is 1240. The summed E-state index contributed by atoms with van der Waals surface area (Å²) in [6.07, 6.45) is 0.0374. The van der Waals surface area contributed by atoms with Gasteiger partial charge in [-0.3, -0.25) is 14.5 Å². The Hall–Kier alpha value is -4.20. The number of hydrogen-bond donors (Lipinski definition) is 1. The van der Waals surface area contributed by atoms with E-state index in [1.54, 1.807) is 68.4 Å². The quantitative estimate of drug-likeness (QED) is 0.315. The van der Waals surface area contributed by atoms with Crippen molar-refractivity contribution in [1.29, 1.82) is 0 Å². The molecule has 1 saturated heterocycles. The van der Waals surface area contributed by atoms with E-state index < -0.39 is 23.7 Å². The van der Waals surface area contributed by atoms with Gasteiger partial charge in [0, 0.05) is 12.0 Å². The first-order valence-electron chi connectivity index (χ1n) is 10.8. The number of esters is 1. The minimum absolute atomic E-state index is 0.0374. The third-order valence-corrected chi connectivity index (χ3v) is 5.79. The zero-order valence-electron chi connectivity index (χ0n) is 19.1. The van der Waals surface area contributed by atoms with Gasteiger partial charge < -0.3 is 14.6 Å². The van der Waals surface area contributed by atoms with Gasteiger partial charge in [-0.05, 0) is 31.5 Å². The maximum absolute atomic E-state index is 13.2. The number of Topliss-reactive ketones (excluding diaryl/α,β-unsaturated/α-hetero) is 1. The standard InChI is InChI=1S/C26H24N2O6/c1-4-34-26(32)19-14-20(27-15(19)2)28-22(16-10-12-18(33-3)13-11-16)21(24(30)25(28)31)23(29)17-8-6-5-7-9-17/h5-13,22,29H,4,14H2,1-3H3/b23-21+. The molecule has 2 aromatic rings. The van der Waals surface area contributed by atoms with E-state index in [1.807, 2.05) is 0 Å². The molecule has 0 aromatic heterocycles. The third kappa shape index (κ3) is 3.98. The highest BCUT2D eigenvalue weighted by Gasteiger charge is 2.49. The van der Waals surface area contributed by atoms with Gasteiger partial charge in [0.15, 0.2) is 0 Å². The molecule has 174 valence electrons. The molecule has 8 heteroatoms. The summed E-state index contributed by atoms with van der Waals surface area (Å²) in [6.45, 7) is 3.57. The molecule has 0 aliphatic carbocycles. The van der Waals surface area contributed by atoms with E-state index in [0.717, 1.165) is 0 Å². The molecule has 0 spiro atoms. The number of likely N-dealkylation sites (tertiary alicyclic amines) is 1. The van der Waals surface area contributed by atoms with Gasteiger partial charge in [-0.15, -0.1) is 0 Å². The summed E-state index contributed by atoms with van der Waals surface area (Å²) < 4.78 is 10.3. The summed E-state index contributed by atoms with van der Waals surface area (Å²) in [5, 5.41) is 11.1. The predicted molar refractivity (Wildman–Crippen MR) is 125 cm³/mol. The lowest BCUT2D eigenvalue weighted by Gasteiger charge is -2.25. The minimum atomic E-state index is -0.931. The van der Waals surface area contributed by atoms with Gasteiger partial charge >= 0.3 is 11.9 Å². The van der Waals surface area contributed by atoms with Crippen molar-refractivity contribution in [2.24, 2.45) is 4.99 Å². The number of carbonyl (C=O) groups excluding carboxylic acids is 3. The topological polar surface area (TPSA) is 106 Å². The fourth-order valence-corrected chi connectivity index (χ4v) is 4.12. The first-order valence-corrected chi connectivity index (χ1v) is 10.8. The molecule has 2 aliphatic heterocycles. The Morgan fingerprint density at radius 1 is 1.12 bits per heavy atom. The summed E-state index contributed by atoms with van der Waals surface area (Å²) in [5.41, 5.74) is 1.70. The lowest BCUT2D eigenvalue weighted by molar-refractivity contribution is -0.138. The van der Waals surface area contributed by atoms with Crippen LogP contribution in [0.15, 0.2) is 76.4 Å². The van der Waals surface area contributed by atoms with Crippen LogP contribution in [0.3, 0.4) is 0 Å². The van der Waals surface area contributed by atoms with Crippen LogP contribution >= 0.6 is 0 Å². The molecule has 2 heterocycles. The Balaban J connectivity index is 1.83. The number of hydrogen-bond acceptors (Lipinski definition) is 7. The molecule has 34 heavy (non-hydrogen) atoms. The first kappa shape index (κ1) is 23.0.